The normalized spacial score (nSPS) is 19.4. The van der Waals surface area contributed by atoms with E-state index in [1.165, 1.54) is 4.31 Å². The number of piperidine rings is 1. The second-order valence-corrected chi connectivity index (χ2v) is 7.96. The van der Waals surface area contributed by atoms with Gasteiger partial charge in [0.25, 0.3) is 0 Å². The summed E-state index contributed by atoms with van der Waals surface area (Å²) in [5.74, 6) is -2.15. The summed E-state index contributed by atoms with van der Waals surface area (Å²) >= 11 is 0. The summed E-state index contributed by atoms with van der Waals surface area (Å²) in [6.07, 6.45) is 1.60. The van der Waals surface area contributed by atoms with Crippen molar-refractivity contribution in [2.45, 2.75) is 31.6 Å². The van der Waals surface area contributed by atoms with Crippen molar-refractivity contribution < 1.29 is 22.7 Å². The highest BCUT2D eigenvalue weighted by atomic mass is 32.2. The van der Waals surface area contributed by atoms with Gasteiger partial charge in [0.2, 0.25) is 10.0 Å². The van der Waals surface area contributed by atoms with Crippen LogP contribution < -0.4 is 0 Å². The number of rotatable bonds is 3. The number of hydrogen-bond donors (Lipinski definition) is 1. The Hall–Kier alpha value is -1.47. The minimum absolute atomic E-state index is 0.179. The van der Waals surface area contributed by atoms with E-state index in [0.29, 0.717) is 19.5 Å². The average molecular weight is 315 g/mol. The first-order valence-electron chi connectivity index (χ1n) is 6.66. The van der Waals surface area contributed by atoms with E-state index in [0.717, 1.165) is 24.6 Å². The molecule has 0 unspecified atom stereocenters. The van der Waals surface area contributed by atoms with Crippen molar-refractivity contribution in [2.24, 2.45) is 5.41 Å². The van der Waals surface area contributed by atoms with Gasteiger partial charge in [0, 0.05) is 13.1 Å². The Morgan fingerprint density at radius 2 is 2.05 bits per heavy atom. The molecular weight excluding hydrogens is 297 g/mol. The molecule has 1 aliphatic rings. The summed E-state index contributed by atoms with van der Waals surface area (Å²) in [7, 11) is -4.02. The van der Waals surface area contributed by atoms with Crippen LogP contribution >= 0.6 is 0 Å². The summed E-state index contributed by atoms with van der Waals surface area (Å²) in [5, 5.41) is 9.12. The Kier molecular flexibility index (Phi) is 4.08. The van der Waals surface area contributed by atoms with Crippen LogP contribution in [0.15, 0.2) is 23.1 Å². The Bertz CT molecular complexity index is 670. The van der Waals surface area contributed by atoms with Crippen LogP contribution in [-0.2, 0) is 10.0 Å². The summed E-state index contributed by atoms with van der Waals surface area (Å²) in [5.41, 5.74) is -0.582. The maximum atomic E-state index is 13.4. The monoisotopic (exact) mass is 315 g/mol. The van der Waals surface area contributed by atoms with Crippen molar-refractivity contribution in [3.63, 3.8) is 0 Å². The fraction of sp³-hybridized carbons (Fsp3) is 0.500. The number of hydrogen-bond acceptors (Lipinski definition) is 3. The van der Waals surface area contributed by atoms with Gasteiger partial charge >= 0.3 is 5.97 Å². The zero-order chi connectivity index (χ0) is 15.8. The molecule has 1 aromatic rings. The Morgan fingerprint density at radius 1 is 1.38 bits per heavy atom. The average Bonchev–Trinajstić information content (AvgIpc) is 2.37. The number of carboxylic acids is 1. The molecule has 0 atom stereocenters. The molecule has 21 heavy (non-hydrogen) atoms. The third-order valence-corrected chi connectivity index (χ3v) is 5.54. The minimum Gasteiger partial charge on any atom is -0.478 e. The lowest BCUT2D eigenvalue weighted by Crippen LogP contribution is -2.43. The van der Waals surface area contributed by atoms with Crippen molar-refractivity contribution in [3.05, 3.63) is 29.6 Å². The number of benzene rings is 1. The SMILES string of the molecule is CC1(C)CCCN(S(=O)(=O)c2cc(F)ccc2C(=O)O)C1. The largest absolute Gasteiger partial charge is 0.478 e. The fourth-order valence-corrected chi connectivity index (χ4v) is 4.46. The standard InChI is InChI=1S/C14H18FNO4S/c1-14(2)6-3-7-16(9-14)21(19,20)12-8-10(15)4-5-11(12)13(17)18/h4-5,8H,3,6-7,9H2,1-2H3,(H,17,18). The van der Waals surface area contributed by atoms with Gasteiger partial charge in [-0.25, -0.2) is 17.6 Å². The smallest absolute Gasteiger partial charge is 0.337 e. The van der Waals surface area contributed by atoms with Gasteiger partial charge in [-0.3, -0.25) is 0 Å². The highest BCUT2D eigenvalue weighted by molar-refractivity contribution is 7.89. The van der Waals surface area contributed by atoms with E-state index >= 15 is 0 Å². The molecule has 1 saturated heterocycles. The van der Waals surface area contributed by atoms with Crippen LogP contribution in [0.4, 0.5) is 4.39 Å². The summed E-state index contributed by atoms with van der Waals surface area (Å²) in [6, 6.07) is 2.71. The zero-order valence-electron chi connectivity index (χ0n) is 12.0. The van der Waals surface area contributed by atoms with Crippen molar-refractivity contribution >= 4 is 16.0 Å². The Labute approximate surface area is 123 Å². The summed E-state index contributed by atoms with van der Waals surface area (Å²) in [6.45, 7) is 4.53. The fourth-order valence-electron chi connectivity index (χ4n) is 2.60. The second-order valence-electron chi connectivity index (χ2n) is 6.05. The number of aromatic carboxylic acids is 1. The molecule has 0 amide bonds. The molecule has 1 aliphatic heterocycles. The molecule has 0 radical (unpaired) electrons. The van der Waals surface area contributed by atoms with Gasteiger partial charge < -0.3 is 5.11 Å². The topological polar surface area (TPSA) is 74.7 Å². The molecule has 1 heterocycles. The van der Waals surface area contributed by atoms with E-state index in [4.69, 9.17) is 5.11 Å². The molecule has 0 bridgehead atoms. The predicted molar refractivity (Wildman–Crippen MR) is 75.1 cm³/mol. The van der Waals surface area contributed by atoms with E-state index in [-0.39, 0.29) is 5.41 Å². The lowest BCUT2D eigenvalue weighted by atomic mass is 9.85. The van der Waals surface area contributed by atoms with Gasteiger partial charge in [-0.15, -0.1) is 0 Å². The quantitative estimate of drug-likeness (QED) is 0.929. The third kappa shape index (κ3) is 3.24. The molecule has 0 aromatic heterocycles. The van der Waals surface area contributed by atoms with Crippen LogP contribution in [-0.4, -0.2) is 36.9 Å². The van der Waals surface area contributed by atoms with Gasteiger partial charge in [-0.05, 0) is 36.5 Å². The predicted octanol–water partition coefficient (Wildman–Crippen LogP) is 2.33. The van der Waals surface area contributed by atoms with Crippen molar-refractivity contribution in [1.82, 2.24) is 4.31 Å². The number of carbonyl (C=O) groups is 1. The number of halogens is 1. The molecule has 0 saturated carbocycles. The minimum atomic E-state index is -4.02. The van der Waals surface area contributed by atoms with Gasteiger partial charge in [0.05, 0.1) is 10.5 Å². The van der Waals surface area contributed by atoms with Crippen molar-refractivity contribution in [3.8, 4) is 0 Å². The van der Waals surface area contributed by atoms with Gasteiger partial charge in [-0.2, -0.15) is 4.31 Å². The van der Waals surface area contributed by atoms with E-state index < -0.39 is 32.3 Å². The lowest BCUT2D eigenvalue weighted by Gasteiger charge is -2.37. The molecule has 0 spiro atoms. The zero-order valence-corrected chi connectivity index (χ0v) is 12.8. The van der Waals surface area contributed by atoms with Crippen LogP contribution in [0.3, 0.4) is 0 Å². The highest BCUT2D eigenvalue weighted by Crippen LogP contribution is 2.32. The molecule has 1 N–H and O–H groups in total. The summed E-state index contributed by atoms with van der Waals surface area (Å²) < 4.78 is 39.9. The van der Waals surface area contributed by atoms with Crippen LogP contribution in [0.5, 0.6) is 0 Å². The van der Waals surface area contributed by atoms with Crippen molar-refractivity contribution in [2.75, 3.05) is 13.1 Å². The number of carboxylic acid groups (broad SMARTS) is 1. The van der Waals surface area contributed by atoms with E-state index in [9.17, 15) is 17.6 Å². The molecule has 1 fully saturated rings. The first kappa shape index (κ1) is 15.9. The number of nitrogens with zero attached hydrogens (tertiary/aromatic N) is 1. The second kappa shape index (κ2) is 5.38. The van der Waals surface area contributed by atoms with E-state index in [1.807, 2.05) is 13.8 Å². The van der Waals surface area contributed by atoms with Gasteiger partial charge in [0.1, 0.15) is 5.82 Å². The maximum Gasteiger partial charge on any atom is 0.337 e. The van der Waals surface area contributed by atoms with Crippen molar-refractivity contribution in [1.29, 1.82) is 0 Å². The Morgan fingerprint density at radius 3 is 2.62 bits per heavy atom. The molecule has 1 aromatic carbocycles. The molecule has 7 heteroatoms. The molecule has 0 aliphatic carbocycles. The molecular formula is C14H18FNO4S. The molecule has 5 nitrogen and oxygen atoms in total. The summed E-state index contributed by atoms with van der Waals surface area (Å²) in [4.78, 5) is 10.7. The molecule has 2 rings (SSSR count). The Balaban J connectivity index is 2.49. The lowest BCUT2D eigenvalue weighted by molar-refractivity contribution is 0.0692. The van der Waals surface area contributed by atoms with E-state index in [2.05, 4.69) is 0 Å². The third-order valence-electron chi connectivity index (χ3n) is 3.66. The van der Waals surface area contributed by atoms with Gasteiger partial charge in [0.15, 0.2) is 0 Å². The molecule has 116 valence electrons. The van der Waals surface area contributed by atoms with Gasteiger partial charge in [-0.1, -0.05) is 13.8 Å². The van der Waals surface area contributed by atoms with E-state index in [1.54, 1.807) is 0 Å². The highest BCUT2D eigenvalue weighted by Gasteiger charge is 2.36. The first-order valence-corrected chi connectivity index (χ1v) is 8.10. The van der Waals surface area contributed by atoms with Crippen LogP contribution in [0, 0.1) is 11.2 Å². The van der Waals surface area contributed by atoms with Crippen LogP contribution in [0.1, 0.15) is 37.0 Å². The van der Waals surface area contributed by atoms with Crippen LogP contribution in [0.2, 0.25) is 0 Å². The van der Waals surface area contributed by atoms with Crippen LogP contribution in [0.25, 0.3) is 0 Å². The number of sulfonamides is 1. The first-order chi connectivity index (χ1) is 9.63. The maximum absolute atomic E-state index is 13.4.